The van der Waals surface area contributed by atoms with Crippen molar-refractivity contribution in [3.8, 4) is 95.5 Å². The van der Waals surface area contributed by atoms with Crippen LogP contribution < -0.4 is 26.2 Å². The van der Waals surface area contributed by atoms with Gasteiger partial charge in [-0.2, -0.15) is 13.2 Å². The maximum atomic E-state index is 16.0. The summed E-state index contributed by atoms with van der Waals surface area (Å²) in [6.07, 6.45) is -4.79. The molecule has 18 rings (SSSR count). The number of hydrogen-bond donors (Lipinski definition) is 0. The second kappa shape index (κ2) is 23.7. The molecule has 2 aromatic heterocycles. The highest BCUT2D eigenvalue weighted by Crippen LogP contribution is 2.49. The van der Waals surface area contributed by atoms with Crippen LogP contribution in [-0.2, 0) is 6.18 Å². The van der Waals surface area contributed by atoms with Crippen LogP contribution in [0.5, 0.6) is 0 Å². The summed E-state index contributed by atoms with van der Waals surface area (Å²) in [6.45, 7) is -0.221. The van der Waals surface area contributed by atoms with Gasteiger partial charge in [0.25, 0.3) is 6.71 Å². The van der Waals surface area contributed by atoms with E-state index in [9.17, 15) is 0 Å². The van der Waals surface area contributed by atoms with Gasteiger partial charge in [-0.3, -0.25) is 0 Å². The first-order valence-electron chi connectivity index (χ1n) is 32.8. The number of rotatable bonds is 11. The highest BCUT2D eigenvalue weighted by molar-refractivity contribution is 7.00. The molecule has 0 bridgehead atoms. The number of anilines is 6. The zero-order valence-corrected chi connectivity index (χ0v) is 52.7. The Kier molecular flexibility index (Phi) is 14.0. The van der Waals surface area contributed by atoms with Gasteiger partial charge in [-0.15, -0.1) is 0 Å². The number of alkyl halides is 3. The molecule has 16 aromatic rings. The van der Waals surface area contributed by atoms with Gasteiger partial charge in [0.05, 0.1) is 16.6 Å². The number of halogens is 3. The fraction of sp³-hybridized carbons (Fsp3) is 0.0114. The molecule has 2 aliphatic rings. The van der Waals surface area contributed by atoms with Gasteiger partial charge in [0.2, 0.25) is 0 Å². The minimum Gasteiger partial charge on any atom is -0.311 e. The van der Waals surface area contributed by atoms with E-state index >= 15 is 13.2 Å². The lowest BCUT2D eigenvalue weighted by atomic mass is 9.33. The van der Waals surface area contributed by atoms with E-state index in [2.05, 4.69) is 240 Å². The van der Waals surface area contributed by atoms with Crippen LogP contribution in [0.25, 0.3) is 117 Å². The van der Waals surface area contributed by atoms with Crippen LogP contribution in [0.4, 0.5) is 47.3 Å². The molecule has 0 unspecified atom stereocenters. The quantitative estimate of drug-likeness (QED) is 0.121. The first-order valence-corrected chi connectivity index (χ1v) is 32.8. The van der Waals surface area contributed by atoms with Gasteiger partial charge in [0.1, 0.15) is 0 Å². The monoisotopic (exact) mass is 1260 g/mol. The van der Waals surface area contributed by atoms with E-state index in [1.807, 2.05) is 95.6 Å². The molecule has 0 amide bonds. The Morgan fingerprint density at radius 2 is 0.633 bits per heavy atom. The Balaban J connectivity index is 0.855. The fourth-order valence-electron chi connectivity index (χ4n) is 14.7. The second-order valence-electron chi connectivity index (χ2n) is 25.0. The smallest absolute Gasteiger partial charge is 0.311 e. The minimum absolute atomic E-state index is 0.0785. The van der Waals surface area contributed by atoms with E-state index < -0.39 is 11.7 Å². The Morgan fingerprint density at radius 1 is 0.265 bits per heavy atom. The number of fused-ring (bicyclic) bond motifs is 7. The molecule has 0 aliphatic carbocycles. The molecule has 2 aliphatic heterocycles. The van der Waals surface area contributed by atoms with Crippen LogP contribution in [0.1, 0.15) is 5.56 Å². The predicted molar refractivity (Wildman–Crippen MR) is 397 cm³/mol. The Bertz CT molecular complexity index is 5460. The third-order valence-corrected chi connectivity index (χ3v) is 19.3. The largest absolute Gasteiger partial charge is 0.417 e. The van der Waals surface area contributed by atoms with Crippen molar-refractivity contribution in [2.24, 2.45) is 0 Å². The van der Waals surface area contributed by atoms with E-state index in [0.29, 0.717) is 16.8 Å². The predicted octanol–water partition coefficient (Wildman–Crippen LogP) is 21.4. The lowest BCUT2D eigenvalue weighted by molar-refractivity contribution is -0.137. The van der Waals surface area contributed by atoms with Crippen molar-refractivity contribution in [3.05, 3.63) is 345 Å². The number of benzene rings is 14. The Labute approximate surface area is 565 Å². The summed E-state index contributed by atoms with van der Waals surface area (Å²) in [4.78, 5) is 19.2. The molecular weight excluding hydrogens is 1210 g/mol. The number of hydrogen-bond acceptors (Lipinski definition) is 5. The summed E-state index contributed by atoms with van der Waals surface area (Å²) in [5.74, 6) is 0.464. The molecule has 14 aromatic carbocycles. The molecule has 98 heavy (non-hydrogen) atoms. The third-order valence-electron chi connectivity index (χ3n) is 19.3. The Hall–Kier alpha value is -12.7. The van der Waals surface area contributed by atoms with Crippen molar-refractivity contribution < 1.29 is 13.2 Å². The van der Waals surface area contributed by atoms with Crippen LogP contribution in [0, 0.1) is 0 Å². The second-order valence-corrected chi connectivity index (χ2v) is 25.0. The average Bonchev–Trinajstić information content (AvgIpc) is 0.817. The zero-order chi connectivity index (χ0) is 65.4. The molecule has 0 saturated carbocycles. The van der Waals surface area contributed by atoms with Crippen LogP contribution in [0.15, 0.2) is 340 Å². The highest BCUT2D eigenvalue weighted by atomic mass is 19.4. The molecular formula is C88H56BF3N6. The average molecular weight is 1270 g/mol. The summed E-state index contributed by atoms with van der Waals surface area (Å²) in [7, 11) is 0. The van der Waals surface area contributed by atoms with Crippen LogP contribution in [0.2, 0.25) is 0 Å². The van der Waals surface area contributed by atoms with Crippen molar-refractivity contribution in [3.63, 3.8) is 0 Å². The van der Waals surface area contributed by atoms with Gasteiger partial charge in [-0.05, 0) is 157 Å². The van der Waals surface area contributed by atoms with E-state index in [4.69, 9.17) is 15.0 Å². The van der Waals surface area contributed by atoms with E-state index in [1.165, 1.54) is 23.1 Å². The molecule has 0 atom stereocenters. The van der Waals surface area contributed by atoms with Crippen molar-refractivity contribution in [2.45, 2.75) is 6.18 Å². The van der Waals surface area contributed by atoms with Crippen LogP contribution in [0.3, 0.4) is 0 Å². The number of aromatic nitrogens is 4. The molecule has 4 heterocycles. The molecule has 462 valence electrons. The summed E-state index contributed by atoms with van der Waals surface area (Å²) >= 11 is 0. The first kappa shape index (κ1) is 58.0. The topological polar surface area (TPSA) is 50.1 Å². The van der Waals surface area contributed by atoms with Crippen molar-refractivity contribution in [2.75, 3.05) is 9.80 Å². The summed E-state index contributed by atoms with van der Waals surface area (Å²) in [5.41, 5.74) is 22.8. The van der Waals surface area contributed by atoms with Gasteiger partial charge < -0.3 is 14.4 Å². The van der Waals surface area contributed by atoms with Gasteiger partial charge in [-0.25, -0.2) is 15.0 Å². The van der Waals surface area contributed by atoms with E-state index in [1.54, 1.807) is 6.07 Å². The minimum atomic E-state index is -4.79. The normalized spacial score (nSPS) is 12.4. The SMILES string of the molecule is FC(F)(F)c1cc(-n2c3ccccc3c3cc(-c4cc5c6c(c4)N(c4ccc(-c7ccccc7)cc4)c4ccc(-c7ccccc7)cc4B6c4cc(-c6ccccc6)ccc4N5c4ccc(-c5ccccc5)cc4)ccc32)ccc1-c1nc(-c2ccccc2)nc(-c2ccccc2)n1. The summed E-state index contributed by atoms with van der Waals surface area (Å²) in [5, 5.41) is 1.78. The molecule has 0 N–H and O–H groups in total. The summed E-state index contributed by atoms with van der Waals surface area (Å²) in [6, 6.07) is 116. The van der Waals surface area contributed by atoms with E-state index in [0.717, 1.165) is 117 Å². The molecule has 6 nitrogen and oxygen atoms in total. The van der Waals surface area contributed by atoms with Gasteiger partial charge in [0, 0.05) is 67.3 Å². The van der Waals surface area contributed by atoms with Crippen molar-refractivity contribution in [1.29, 1.82) is 0 Å². The fourth-order valence-corrected chi connectivity index (χ4v) is 14.7. The molecule has 0 saturated heterocycles. The molecule has 0 radical (unpaired) electrons. The van der Waals surface area contributed by atoms with Gasteiger partial charge >= 0.3 is 6.18 Å². The maximum absolute atomic E-state index is 16.0. The Morgan fingerprint density at radius 3 is 1.10 bits per heavy atom. The lowest BCUT2D eigenvalue weighted by Gasteiger charge is -2.44. The van der Waals surface area contributed by atoms with E-state index in [-0.39, 0.29) is 29.7 Å². The molecule has 10 heteroatoms. The van der Waals surface area contributed by atoms with Gasteiger partial charge in [-0.1, -0.05) is 255 Å². The standard InChI is InChI=1S/C88H56BF3N6/c90-88(91,92)75-56-71(46-47-73(75)87-94-85(63-29-15-5-16-30-63)93-86(95-87)64-31-17-6-18-32-64)98-78-34-20-19-33-72(78)74-51-65(39-48-79(74)98)68-54-82-84-83(55-68)97(70-44-37-62(38-45-70)58-23-9-2-10-24-58)81-50-41-67(60-27-13-4-14-28-60)53-77(81)89(84)76-52-66(59-25-11-3-12-26-59)40-49-80(76)96(82)69-42-35-61(36-43-69)57-21-7-1-8-22-57/h1-56H. The van der Waals surface area contributed by atoms with Crippen molar-refractivity contribution in [1.82, 2.24) is 19.5 Å². The highest BCUT2D eigenvalue weighted by Gasteiger charge is 2.44. The van der Waals surface area contributed by atoms with Gasteiger partial charge in [0.15, 0.2) is 17.5 Å². The number of para-hydroxylation sites is 1. The van der Waals surface area contributed by atoms with Crippen LogP contribution in [-0.4, -0.2) is 26.2 Å². The summed E-state index contributed by atoms with van der Waals surface area (Å²) < 4.78 is 49.9. The molecule has 0 spiro atoms. The molecule has 0 fully saturated rings. The zero-order valence-electron chi connectivity index (χ0n) is 52.7. The third kappa shape index (κ3) is 10.1. The van der Waals surface area contributed by atoms with Crippen molar-refractivity contribution >= 4 is 79.0 Å². The number of nitrogens with zero attached hydrogens (tertiary/aromatic N) is 6. The maximum Gasteiger partial charge on any atom is 0.417 e. The first-order chi connectivity index (χ1) is 48.2. The lowest BCUT2D eigenvalue weighted by Crippen LogP contribution is -2.61. The van der Waals surface area contributed by atoms with Crippen LogP contribution >= 0.6 is 0 Å².